The lowest BCUT2D eigenvalue weighted by Gasteiger charge is -2.16. The highest BCUT2D eigenvalue weighted by molar-refractivity contribution is 7.90. The van der Waals surface area contributed by atoms with Gasteiger partial charge in [0.15, 0.2) is 0 Å². The molecule has 0 unspecified atom stereocenters. The third-order valence-corrected chi connectivity index (χ3v) is 9.79. The summed E-state index contributed by atoms with van der Waals surface area (Å²) in [6.07, 6.45) is 0. The molecule has 9 heteroatoms. The van der Waals surface area contributed by atoms with Gasteiger partial charge in [-0.1, -0.05) is 65.7 Å². The highest BCUT2D eigenvalue weighted by Crippen LogP contribution is 2.46. The second-order valence-corrected chi connectivity index (χ2v) is 12.9. The number of nitriles is 1. The SMILES string of the molecule is Cc1ccc(S(=O)(=O)n2c(-c3cccc(-c4ccc(C(=O)O)cc4Cl)c3)c(-c3c(C)cccc3C#N)c3cc(F)ccc32)cc1. The van der Waals surface area contributed by atoms with Crippen LogP contribution in [0.5, 0.6) is 0 Å². The van der Waals surface area contributed by atoms with Crippen LogP contribution in [0.2, 0.25) is 5.02 Å². The van der Waals surface area contributed by atoms with Crippen LogP contribution >= 0.6 is 11.6 Å². The Bertz CT molecular complexity index is 2320. The normalized spacial score (nSPS) is 11.4. The van der Waals surface area contributed by atoms with Crippen molar-refractivity contribution in [1.29, 1.82) is 5.26 Å². The summed E-state index contributed by atoms with van der Waals surface area (Å²) in [7, 11) is -4.27. The van der Waals surface area contributed by atoms with Crippen molar-refractivity contribution < 1.29 is 22.7 Å². The second kappa shape index (κ2) is 11.4. The molecule has 5 aromatic carbocycles. The van der Waals surface area contributed by atoms with Gasteiger partial charge in [-0.05, 0) is 79.6 Å². The van der Waals surface area contributed by atoms with Crippen LogP contribution < -0.4 is 0 Å². The van der Waals surface area contributed by atoms with E-state index in [4.69, 9.17) is 11.6 Å². The summed E-state index contributed by atoms with van der Waals surface area (Å²) < 4.78 is 45.3. The minimum absolute atomic E-state index is 0.0251. The number of hydrogen-bond donors (Lipinski definition) is 1. The molecule has 6 rings (SSSR count). The third-order valence-electron chi connectivity index (χ3n) is 7.75. The highest BCUT2D eigenvalue weighted by atomic mass is 35.5. The summed E-state index contributed by atoms with van der Waals surface area (Å²) in [6, 6.07) is 29.2. The first kappa shape index (κ1) is 29.8. The van der Waals surface area contributed by atoms with Crippen LogP contribution in [0.4, 0.5) is 4.39 Å². The Morgan fingerprint density at radius 3 is 2.27 bits per heavy atom. The Balaban J connectivity index is 1.76. The number of aryl methyl sites for hydroxylation is 2. The quantitative estimate of drug-likeness (QED) is 0.197. The Hall–Kier alpha value is -5.23. The van der Waals surface area contributed by atoms with Crippen molar-refractivity contribution in [2.75, 3.05) is 0 Å². The summed E-state index contributed by atoms with van der Waals surface area (Å²) >= 11 is 6.53. The lowest BCUT2D eigenvalue weighted by Crippen LogP contribution is -2.14. The van der Waals surface area contributed by atoms with E-state index in [2.05, 4.69) is 6.07 Å². The van der Waals surface area contributed by atoms with E-state index in [0.717, 1.165) is 5.56 Å². The minimum atomic E-state index is -4.27. The molecule has 0 aliphatic carbocycles. The van der Waals surface area contributed by atoms with E-state index in [1.807, 2.05) is 19.9 Å². The van der Waals surface area contributed by atoms with Crippen LogP contribution in [0.15, 0.2) is 108 Å². The average Bonchev–Trinajstić information content (AvgIpc) is 3.35. The standard InChI is InChI=1S/C36H24ClFN2O4S/c1-21-9-13-28(14-10-21)45(43,44)40-32-16-12-27(38)19-30(32)34(33-22(2)5-3-8-26(33)20-39)35(40)24-7-4-6-23(17-24)29-15-11-25(36(41)42)18-31(29)37/h3-19H,1-2H3,(H,41,42). The molecule has 0 fully saturated rings. The predicted octanol–water partition coefficient (Wildman–Crippen LogP) is 8.86. The number of nitrogens with zero attached hydrogens (tertiary/aromatic N) is 2. The van der Waals surface area contributed by atoms with Crippen LogP contribution in [0.25, 0.3) is 44.4 Å². The zero-order valence-corrected chi connectivity index (χ0v) is 25.6. The van der Waals surface area contributed by atoms with Gasteiger partial charge in [0, 0.05) is 32.7 Å². The molecule has 0 aliphatic heterocycles. The Labute approximate surface area is 264 Å². The largest absolute Gasteiger partial charge is 0.478 e. The van der Waals surface area contributed by atoms with Crippen LogP contribution in [0.1, 0.15) is 27.0 Å². The molecule has 0 radical (unpaired) electrons. The van der Waals surface area contributed by atoms with E-state index in [1.165, 1.54) is 46.4 Å². The number of hydrogen-bond acceptors (Lipinski definition) is 4. The molecule has 6 nitrogen and oxygen atoms in total. The van der Waals surface area contributed by atoms with Crippen molar-refractivity contribution in [3.63, 3.8) is 0 Å². The number of halogens is 2. The topological polar surface area (TPSA) is 100 Å². The summed E-state index contributed by atoms with van der Waals surface area (Å²) in [5, 5.41) is 20.1. The number of carboxylic acids is 1. The van der Waals surface area contributed by atoms with Gasteiger partial charge in [-0.25, -0.2) is 21.6 Å². The smallest absolute Gasteiger partial charge is 0.335 e. The first-order chi connectivity index (χ1) is 21.5. The zero-order valence-electron chi connectivity index (χ0n) is 24.0. The fourth-order valence-corrected chi connectivity index (χ4v) is 7.46. The van der Waals surface area contributed by atoms with Gasteiger partial charge in [0.05, 0.1) is 33.3 Å². The van der Waals surface area contributed by atoms with E-state index in [1.54, 1.807) is 54.6 Å². The zero-order chi connectivity index (χ0) is 32.0. The summed E-state index contributed by atoms with van der Waals surface area (Å²) in [5.74, 6) is -1.68. The average molecular weight is 635 g/mol. The van der Waals surface area contributed by atoms with Gasteiger partial charge in [0.25, 0.3) is 10.0 Å². The predicted molar refractivity (Wildman–Crippen MR) is 173 cm³/mol. The molecule has 0 bridgehead atoms. The molecule has 1 heterocycles. The molecule has 6 aromatic rings. The van der Waals surface area contributed by atoms with Crippen molar-refractivity contribution in [2.24, 2.45) is 0 Å². The maximum atomic E-state index is 15.0. The summed E-state index contributed by atoms with van der Waals surface area (Å²) in [6.45, 7) is 3.67. The Morgan fingerprint density at radius 1 is 0.867 bits per heavy atom. The molecule has 0 amide bonds. The number of benzene rings is 5. The molecule has 0 spiro atoms. The molecule has 45 heavy (non-hydrogen) atoms. The fourth-order valence-electron chi connectivity index (χ4n) is 5.62. The first-order valence-electron chi connectivity index (χ1n) is 13.8. The van der Waals surface area contributed by atoms with Crippen molar-refractivity contribution in [1.82, 2.24) is 3.97 Å². The van der Waals surface area contributed by atoms with Crippen molar-refractivity contribution >= 4 is 38.5 Å². The van der Waals surface area contributed by atoms with Crippen molar-refractivity contribution in [3.8, 4) is 39.6 Å². The van der Waals surface area contributed by atoms with Gasteiger partial charge in [0.1, 0.15) is 5.82 Å². The minimum Gasteiger partial charge on any atom is -0.478 e. The van der Waals surface area contributed by atoms with Crippen LogP contribution in [0.3, 0.4) is 0 Å². The molecule has 0 saturated heterocycles. The van der Waals surface area contributed by atoms with E-state index in [0.29, 0.717) is 44.3 Å². The molecule has 222 valence electrons. The number of rotatable bonds is 6. The van der Waals surface area contributed by atoms with E-state index in [9.17, 15) is 28.0 Å². The lowest BCUT2D eigenvalue weighted by molar-refractivity contribution is 0.0697. The van der Waals surface area contributed by atoms with Gasteiger partial charge in [-0.3, -0.25) is 0 Å². The highest BCUT2D eigenvalue weighted by Gasteiger charge is 2.30. The molecule has 0 aliphatic rings. The maximum Gasteiger partial charge on any atom is 0.335 e. The van der Waals surface area contributed by atoms with E-state index < -0.39 is 21.8 Å². The molecule has 1 N–H and O–H groups in total. The number of carbonyl (C=O) groups is 1. The molecular formula is C36H24ClFN2O4S. The summed E-state index contributed by atoms with van der Waals surface area (Å²) in [5.41, 5.74) is 4.85. The Morgan fingerprint density at radius 2 is 1.58 bits per heavy atom. The third kappa shape index (κ3) is 5.16. The number of carboxylic acid groups (broad SMARTS) is 1. The van der Waals surface area contributed by atoms with Crippen LogP contribution in [-0.4, -0.2) is 23.5 Å². The number of fused-ring (bicyclic) bond motifs is 1. The van der Waals surface area contributed by atoms with E-state index in [-0.39, 0.29) is 26.7 Å². The number of aromatic carboxylic acids is 1. The van der Waals surface area contributed by atoms with E-state index >= 15 is 0 Å². The Kier molecular flexibility index (Phi) is 7.53. The molecule has 0 saturated carbocycles. The van der Waals surface area contributed by atoms with Gasteiger partial charge in [0.2, 0.25) is 0 Å². The fraction of sp³-hybridized carbons (Fsp3) is 0.0556. The van der Waals surface area contributed by atoms with Gasteiger partial charge in [-0.15, -0.1) is 0 Å². The monoisotopic (exact) mass is 634 g/mol. The maximum absolute atomic E-state index is 15.0. The lowest BCUT2D eigenvalue weighted by atomic mass is 9.91. The molecular weight excluding hydrogens is 611 g/mol. The van der Waals surface area contributed by atoms with Crippen LogP contribution in [-0.2, 0) is 10.0 Å². The first-order valence-corrected chi connectivity index (χ1v) is 15.6. The second-order valence-electron chi connectivity index (χ2n) is 10.7. The summed E-state index contributed by atoms with van der Waals surface area (Å²) in [4.78, 5) is 11.5. The van der Waals surface area contributed by atoms with Crippen molar-refractivity contribution in [2.45, 2.75) is 18.7 Å². The number of aromatic nitrogens is 1. The van der Waals surface area contributed by atoms with Gasteiger partial charge >= 0.3 is 5.97 Å². The van der Waals surface area contributed by atoms with Crippen LogP contribution in [0, 0.1) is 31.0 Å². The van der Waals surface area contributed by atoms with Crippen molar-refractivity contribution in [3.05, 3.63) is 136 Å². The van der Waals surface area contributed by atoms with Gasteiger partial charge < -0.3 is 5.11 Å². The van der Waals surface area contributed by atoms with Gasteiger partial charge in [-0.2, -0.15) is 5.26 Å². The molecule has 0 atom stereocenters. The molecule has 1 aromatic heterocycles.